The maximum absolute atomic E-state index is 11.6. The Balaban J connectivity index is 1.72. The fourth-order valence-corrected chi connectivity index (χ4v) is 3.00. The maximum atomic E-state index is 11.6. The summed E-state index contributed by atoms with van der Waals surface area (Å²) >= 11 is 0. The second-order valence-electron chi connectivity index (χ2n) is 6.97. The number of rotatable bonds is 12. The molecule has 2 aromatic rings. The van der Waals surface area contributed by atoms with E-state index in [1.54, 1.807) is 0 Å². The van der Waals surface area contributed by atoms with Gasteiger partial charge < -0.3 is 20.3 Å². The lowest BCUT2D eigenvalue weighted by Crippen LogP contribution is -2.21. The second kappa shape index (κ2) is 12.2. The van der Waals surface area contributed by atoms with Gasteiger partial charge in [0.05, 0.1) is 6.61 Å². The van der Waals surface area contributed by atoms with Crippen LogP contribution in [0.1, 0.15) is 43.2 Å². The van der Waals surface area contributed by atoms with Crippen LogP contribution in [0.3, 0.4) is 0 Å². The van der Waals surface area contributed by atoms with E-state index in [1.165, 1.54) is 11.1 Å². The SMILES string of the molecule is CCC(CNc1ccc(CCCC(=O)OCC(O)CO)cc1)c1ccccc1. The van der Waals surface area contributed by atoms with Gasteiger partial charge in [0.1, 0.15) is 12.7 Å². The smallest absolute Gasteiger partial charge is 0.305 e. The molecule has 0 radical (unpaired) electrons. The van der Waals surface area contributed by atoms with E-state index in [-0.39, 0.29) is 12.6 Å². The summed E-state index contributed by atoms with van der Waals surface area (Å²) < 4.78 is 4.89. The Morgan fingerprint density at radius 1 is 1.11 bits per heavy atom. The molecule has 5 nitrogen and oxygen atoms in total. The van der Waals surface area contributed by atoms with Crippen LogP contribution in [-0.4, -0.2) is 42.0 Å². The van der Waals surface area contributed by atoms with Crippen LogP contribution >= 0.6 is 0 Å². The zero-order valence-electron chi connectivity index (χ0n) is 16.5. The molecule has 3 N–H and O–H groups in total. The zero-order chi connectivity index (χ0) is 20.2. The molecule has 2 unspecified atom stereocenters. The largest absolute Gasteiger partial charge is 0.463 e. The summed E-state index contributed by atoms with van der Waals surface area (Å²) in [6.45, 7) is 2.54. The minimum Gasteiger partial charge on any atom is -0.463 e. The quantitative estimate of drug-likeness (QED) is 0.487. The van der Waals surface area contributed by atoms with Crippen LogP contribution in [0.4, 0.5) is 5.69 Å². The molecule has 0 saturated heterocycles. The van der Waals surface area contributed by atoms with Gasteiger partial charge in [-0.1, -0.05) is 49.4 Å². The molecule has 0 aliphatic rings. The number of hydrogen-bond donors (Lipinski definition) is 3. The standard InChI is InChI=1S/C23H31NO4/c1-2-19(20-8-4-3-5-9-20)15-24-21-13-11-18(12-14-21)7-6-10-23(27)28-17-22(26)16-25/h3-5,8-9,11-14,19,22,24-26H,2,6-7,10,15-17H2,1H3. The van der Waals surface area contributed by atoms with E-state index in [9.17, 15) is 4.79 Å². The summed E-state index contributed by atoms with van der Waals surface area (Å²) in [5.41, 5.74) is 3.62. The normalized spacial score (nSPS) is 13.0. The fourth-order valence-electron chi connectivity index (χ4n) is 3.00. The van der Waals surface area contributed by atoms with Crippen LogP contribution in [-0.2, 0) is 16.0 Å². The van der Waals surface area contributed by atoms with Crippen LogP contribution in [0.2, 0.25) is 0 Å². The van der Waals surface area contributed by atoms with E-state index < -0.39 is 12.7 Å². The average molecular weight is 386 g/mol. The molecule has 0 aliphatic heterocycles. The monoisotopic (exact) mass is 385 g/mol. The third-order valence-corrected chi connectivity index (χ3v) is 4.76. The van der Waals surface area contributed by atoms with Gasteiger partial charge in [-0.25, -0.2) is 0 Å². The van der Waals surface area contributed by atoms with Gasteiger partial charge in [-0.15, -0.1) is 0 Å². The van der Waals surface area contributed by atoms with Crippen molar-refractivity contribution in [3.05, 3.63) is 65.7 Å². The van der Waals surface area contributed by atoms with Crippen molar-refractivity contribution in [1.29, 1.82) is 0 Å². The predicted molar refractivity (Wildman–Crippen MR) is 111 cm³/mol. The van der Waals surface area contributed by atoms with Crippen LogP contribution < -0.4 is 5.32 Å². The Morgan fingerprint density at radius 2 is 1.82 bits per heavy atom. The first-order valence-corrected chi connectivity index (χ1v) is 9.94. The summed E-state index contributed by atoms with van der Waals surface area (Å²) in [5.74, 6) is 0.133. The van der Waals surface area contributed by atoms with Gasteiger partial charge in [0.15, 0.2) is 0 Å². The van der Waals surface area contributed by atoms with E-state index in [1.807, 2.05) is 6.07 Å². The van der Waals surface area contributed by atoms with Gasteiger partial charge >= 0.3 is 5.97 Å². The number of carbonyl (C=O) groups is 1. The summed E-state index contributed by atoms with van der Waals surface area (Å²) in [4.78, 5) is 11.6. The lowest BCUT2D eigenvalue weighted by atomic mass is 9.96. The molecule has 0 heterocycles. The van der Waals surface area contributed by atoms with Crippen LogP contribution in [0.15, 0.2) is 54.6 Å². The number of hydrogen-bond acceptors (Lipinski definition) is 5. The Kier molecular flexibility index (Phi) is 9.52. The second-order valence-corrected chi connectivity index (χ2v) is 6.97. The highest BCUT2D eigenvalue weighted by atomic mass is 16.5. The van der Waals surface area contributed by atoms with Gasteiger partial charge in [-0.2, -0.15) is 0 Å². The van der Waals surface area contributed by atoms with Gasteiger partial charge in [-0.05, 0) is 42.5 Å². The summed E-state index contributed by atoms with van der Waals surface area (Å²) in [6, 6.07) is 18.9. The van der Waals surface area contributed by atoms with E-state index in [2.05, 4.69) is 60.8 Å². The predicted octanol–water partition coefficient (Wildman–Crippen LogP) is 3.51. The third kappa shape index (κ3) is 7.71. The van der Waals surface area contributed by atoms with Gasteiger partial charge in [0.25, 0.3) is 0 Å². The number of aliphatic hydroxyl groups is 2. The van der Waals surface area contributed by atoms with Crippen molar-refractivity contribution in [3.8, 4) is 0 Å². The Bertz CT molecular complexity index is 688. The number of aryl methyl sites for hydroxylation is 1. The molecule has 2 rings (SSSR count). The van der Waals surface area contributed by atoms with Crippen LogP contribution in [0.5, 0.6) is 0 Å². The number of nitrogens with one attached hydrogen (secondary N) is 1. The van der Waals surface area contributed by atoms with Crippen molar-refractivity contribution < 1.29 is 19.7 Å². The van der Waals surface area contributed by atoms with Crippen molar-refractivity contribution in [1.82, 2.24) is 0 Å². The fraction of sp³-hybridized carbons (Fsp3) is 0.435. The molecule has 2 atom stereocenters. The molecule has 2 aromatic carbocycles. The van der Waals surface area contributed by atoms with Gasteiger partial charge in [0, 0.05) is 24.6 Å². The molecule has 28 heavy (non-hydrogen) atoms. The molecule has 0 aromatic heterocycles. The number of ether oxygens (including phenoxy) is 1. The number of esters is 1. The number of anilines is 1. The molecule has 152 valence electrons. The number of benzene rings is 2. The number of carbonyl (C=O) groups excluding carboxylic acids is 1. The van der Waals surface area contributed by atoms with Crippen LogP contribution in [0, 0.1) is 0 Å². The van der Waals surface area contributed by atoms with Crippen LogP contribution in [0.25, 0.3) is 0 Å². The first-order valence-electron chi connectivity index (χ1n) is 9.94. The third-order valence-electron chi connectivity index (χ3n) is 4.76. The summed E-state index contributed by atoms with van der Waals surface area (Å²) in [6.07, 6.45) is 1.86. The highest BCUT2D eigenvalue weighted by Gasteiger charge is 2.09. The van der Waals surface area contributed by atoms with Gasteiger partial charge in [0.2, 0.25) is 0 Å². The van der Waals surface area contributed by atoms with E-state index in [4.69, 9.17) is 14.9 Å². The molecule has 0 amide bonds. The molecule has 0 fully saturated rings. The minimum atomic E-state index is -1.00. The highest BCUT2D eigenvalue weighted by molar-refractivity contribution is 5.69. The first kappa shape index (κ1) is 21.9. The molecule has 5 heteroatoms. The molecule has 0 bridgehead atoms. The summed E-state index contributed by atoms with van der Waals surface area (Å²) in [5, 5.41) is 21.4. The van der Waals surface area contributed by atoms with Crippen molar-refractivity contribution in [2.45, 2.75) is 44.6 Å². The van der Waals surface area contributed by atoms with Crippen molar-refractivity contribution in [3.63, 3.8) is 0 Å². The minimum absolute atomic E-state index is 0.155. The molecular weight excluding hydrogens is 354 g/mol. The van der Waals surface area contributed by atoms with E-state index in [0.717, 1.165) is 25.1 Å². The Hall–Kier alpha value is -2.37. The average Bonchev–Trinajstić information content (AvgIpc) is 2.74. The van der Waals surface area contributed by atoms with Gasteiger partial charge in [-0.3, -0.25) is 4.79 Å². The lowest BCUT2D eigenvalue weighted by molar-refractivity contribution is -0.147. The van der Waals surface area contributed by atoms with E-state index >= 15 is 0 Å². The lowest BCUT2D eigenvalue weighted by Gasteiger charge is -2.17. The highest BCUT2D eigenvalue weighted by Crippen LogP contribution is 2.20. The maximum Gasteiger partial charge on any atom is 0.305 e. The molecular formula is C23H31NO4. The Labute approximate surface area is 167 Å². The van der Waals surface area contributed by atoms with E-state index in [0.29, 0.717) is 18.8 Å². The topological polar surface area (TPSA) is 78.8 Å². The first-order chi connectivity index (χ1) is 13.6. The van der Waals surface area contributed by atoms with Crippen molar-refractivity contribution in [2.24, 2.45) is 0 Å². The molecule has 0 spiro atoms. The summed E-state index contributed by atoms with van der Waals surface area (Å²) in [7, 11) is 0. The molecule has 0 aliphatic carbocycles. The number of aliphatic hydroxyl groups excluding tert-OH is 2. The molecule has 0 saturated carbocycles. The van der Waals surface area contributed by atoms with Crippen molar-refractivity contribution >= 4 is 11.7 Å². The Morgan fingerprint density at radius 3 is 2.46 bits per heavy atom. The zero-order valence-corrected chi connectivity index (χ0v) is 16.5. The van der Waals surface area contributed by atoms with Crippen molar-refractivity contribution in [2.75, 3.05) is 25.1 Å².